The number of hydrogen-bond donors (Lipinski definition) is 3. The van der Waals surface area contributed by atoms with Gasteiger partial charge in [0.05, 0.1) is 7.05 Å². The summed E-state index contributed by atoms with van der Waals surface area (Å²) in [4.78, 5) is 0. The number of guanidine groups is 1. The first-order valence-corrected chi connectivity index (χ1v) is 5.34. The smallest absolute Gasteiger partial charge is 0.353 e. The third-order valence-corrected chi connectivity index (χ3v) is 3.19. The summed E-state index contributed by atoms with van der Waals surface area (Å²) in [6, 6.07) is 0. The van der Waals surface area contributed by atoms with Crippen LogP contribution >= 0.6 is 0 Å². The zero-order valence-electron chi connectivity index (χ0n) is 10.2. The van der Waals surface area contributed by atoms with E-state index in [1.54, 1.807) is 0 Å². The van der Waals surface area contributed by atoms with E-state index in [0.29, 0.717) is 23.3 Å². The molecule has 0 fully saturated rings. The van der Waals surface area contributed by atoms with Gasteiger partial charge in [-0.3, -0.25) is 5.73 Å². The highest BCUT2D eigenvalue weighted by Gasteiger charge is 2.28. The van der Waals surface area contributed by atoms with E-state index in [-0.39, 0.29) is 5.92 Å². The predicted octanol–water partition coefficient (Wildman–Crippen LogP) is 0.689. The first-order valence-electron chi connectivity index (χ1n) is 5.34. The number of rotatable bonds is 3. The van der Waals surface area contributed by atoms with Gasteiger partial charge in [0.15, 0.2) is 0 Å². The van der Waals surface area contributed by atoms with Crippen LogP contribution in [0.5, 0.6) is 0 Å². The Morgan fingerprint density at radius 2 is 1.94 bits per heavy atom. The van der Waals surface area contributed by atoms with E-state index in [1.165, 1.54) is 0 Å². The van der Waals surface area contributed by atoms with Crippen LogP contribution in [0, 0.1) is 11.8 Å². The van der Waals surface area contributed by atoms with E-state index >= 15 is 0 Å². The maximum absolute atomic E-state index is 6.04. The van der Waals surface area contributed by atoms with Gasteiger partial charge in [-0.05, 0) is 5.92 Å². The Morgan fingerprint density at radius 3 is 2.44 bits per heavy atom. The molecule has 5 N–H and O–H groups in total. The molecule has 4 nitrogen and oxygen atoms in total. The van der Waals surface area contributed by atoms with Crippen LogP contribution < -0.4 is 16.8 Å². The molecule has 0 aromatic heterocycles. The molecule has 1 aliphatic rings. The quantitative estimate of drug-likeness (QED) is 0.485. The second-order valence-corrected chi connectivity index (χ2v) is 4.23. The molecular formula is C12H21N4+. The second-order valence-electron chi connectivity index (χ2n) is 4.23. The molecular weight excluding hydrogens is 200 g/mol. The van der Waals surface area contributed by atoms with E-state index in [9.17, 15) is 0 Å². The Labute approximate surface area is 97.0 Å². The van der Waals surface area contributed by atoms with Gasteiger partial charge in [-0.25, -0.2) is 9.89 Å². The largest absolute Gasteiger partial charge is 0.393 e. The van der Waals surface area contributed by atoms with E-state index in [2.05, 4.69) is 32.3 Å². The standard InChI is InChI=1S/C12H20N4/c1-6-7(2)8(3)11-10(13)9(4)15-12(14)16(11)5/h6-8H,1,4,13H2,2-3,5H3,(H2,14,15)/p+1. The summed E-state index contributed by atoms with van der Waals surface area (Å²) in [6.45, 7) is 11.9. The zero-order chi connectivity index (χ0) is 12.5. The van der Waals surface area contributed by atoms with Crippen LogP contribution in [0.15, 0.2) is 36.3 Å². The molecule has 0 aliphatic carbocycles. The average Bonchev–Trinajstić information content (AvgIpc) is 2.25. The van der Waals surface area contributed by atoms with Crippen LogP contribution in [0.25, 0.3) is 0 Å². The van der Waals surface area contributed by atoms with Gasteiger partial charge in [-0.2, -0.15) is 0 Å². The third kappa shape index (κ3) is 1.96. The summed E-state index contributed by atoms with van der Waals surface area (Å²) in [5.41, 5.74) is 14.2. The van der Waals surface area contributed by atoms with E-state index < -0.39 is 0 Å². The monoisotopic (exact) mass is 221 g/mol. The number of nitrogens with two attached hydrogens (primary N) is 2. The van der Waals surface area contributed by atoms with Crippen molar-refractivity contribution in [3.8, 4) is 0 Å². The van der Waals surface area contributed by atoms with Gasteiger partial charge >= 0.3 is 5.96 Å². The molecule has 2 unspecified atom stereocenters. The first kappa shape index (κ1) is 12.4. The van der Waals surface area contributed by atoms with E-state index in [0.717, 1.165) is 5.70 Å². The zero-order valence-corrected chi connectivity index (χ0v) is 10.2. The fourth-order valence-corrected chi connectivity index (χ4v) is 1.77. The van der Waals surface area contributed by atoms with Gasteiger partial charge < -0.3 is 5.73 Å². The van der Waals surface area contributed by atoms with Crippen LogP contribution in [-0.4, -0.2) is 17.6 Å². The Kier molecular flexibility index (Phi) is 3.42. The SMILES string of the molecule is C=CC(C)C(C)C1=C(N)C(=C)NC(N)=[N+]1C. The number of nitrogens with zero attached hydrogens (tertiary/aromatic N) is 1. The van der Waals surface area contributed by atoms with Gasteiger partial charge in [0.1, 0.15) is 17.1 Å². The summed E-state index contributed by atoms with van der Waals surface area (Å²) < 4.78 is 1.87. The van der Waals surface area contributed by atoms with Crippen molar-refractivity contribution < 1.29 is 4.58 Å². The lowest BCUT2D eigenvalue weighted by Gasteiger charge is -2.26. The number of nitrogens with one attached hydrogen (secondary N) is 1. The highest BCUT2D eigenvalue weighted by molar-refractivity contribution is 5.77. The average molecular weight is 221 g/mol. The lowest BCUT2D eigenvalue weighted by atomic mass is 9.90. The molecule has 0 saturated carbocycles. The van der Waals surface area contributed by atoms with Crippen molar-refractivity contribution >= 4 is 5.96 Å². The molecule has 2 atom stereocenters. The third-order valence-electron chi connectivity index (χ3n) is 3.19. The minimum Gasteiger partial charge on any atom is -0.393 e. The van der Waals surface area contributed by atoms with E-state index in [1.807, 2.05) is 17.7 Å². The highest BCUT2D eigenvalue weighted by atomic mass is 15.2. The molecule has 0 aromatic carbocycles. The fraction of sp³-hybridized carbons (Fsp3) is 0.417. The molecule has 0 aromatic rings. The lowest BCUT2D eigenvalue weighted by molar-refractivity contribution is -0.458. The van der Waals surface area contributed by atoms with Crippen molar-refractivity contribution in [2.75, 3.05) is 7.05 Å². The number of allylic oxidation sites excluding steroid dienone is 2. The van der Waals surface area contributed by atoms with Crippen molar-refractivity contribution in [3.63, 3.8) is 0 Å². The molecule has 0 bridgehead atoms. The highest BCUT2D eigenvalue weighted by Crippen LogP contribution is 2.25. The first-order chi connectivity index (χ1) is 7.40. The predicted molar refractivity (Wildman–Crippen MR) is 67.4 cm³/mol. The van der Waals surface area contributed by atoms with Gasteiger partial charge in [0, 0.05) is 5.92 Å². The Hall–Kier alpha value is -1.71. The Bertz CT molecular complexity index is 390. The van der Waals surface area contributed by atoms with Crippen LogP contribution in [0.4, 0.5) is 0 Å². The van der Waals surface area contributed by atoms with Crippen molar-refractivity contribution in [2.45, 2.75) is 13.8 Å². The molecule has 0 saturated heterocycles. The minimum atomic E-state index is 0.250. The van der Waals surface area contributed by atoms with Crippen molar-refractivity contribution in [1.82, 2.24) is 5.32 Å². The summed E-state index contributed by atoms with van der Waals surface area (Å²) >= 11 is 0. The molecule has 1 heterocycles. The molecule has 1 rings (SSSR count). The van der Waals surface area contributed by atoms with E-state index in [4.69, 9.17) is 11.5 Å². The summed E-state index contributed by atoms with van der Waals surface area (Å²) in [5, 5.41) is 2.94. The van der Waals surface area contributed by atoms with Crippen LogP contribution in [0.1, 0.15) is 13.8 Å². The summed E-state index contributed by atoms with van der Waals surface area (Å²) in [6.07, 6.45) is 1.92. The second kappa shape index (κ2) is 4.43. The molecule has 4 heteroatoms. The van der Waals surface area contributed by atoms with Gasteiger partial charge in [0.2, 0.25) is 0 Å². The van der Waals surface area contributed by atoms with Gasteiger partial charge in [0.25, 0.3) is 0 Å². The van der Waals surface area contributed by atoms with Crippen LogP contribution in [0.3, 0.4) is 0 Å². The Balaban J connectivity index is 3.22. The maximum Gasteiger partial charge on any atom is 0.353 e. The van der Waals surface area contributed by atoms with Crippen molar-refractivity contribution in [1.29, 1.82) is 0 Å². The molecule has 16 heavy (non-hydrogen) atoms. The maximum atomic E-state index is 6.04. The Morgan fingerprint density at radius 1 is 1.38 bits per heavy atom. The fourth-order valence-electron chi connectivity index (χ4n) is 1.77. The van der Waals surface area contributed by atoms with Crippen LogP contribution in [-0.2, 0) is 0 Å². The van der Waals surface area contributed by atoms with Crippen molar-refractivity contribution in [2.24, 2.45) is 23.3 Å². The van der Waals surface area contributed by atoms with Crippen molar-refractivity contribution in [3.05, 3.63) is 36.3 Å². The minimum absolute atomic E-state index is 0.250. The summed E-state index contributed by atoms with van der Waals surface area (Å²) in [7, 11) is 1.89. The molecule has 0 radical (unpaired) electrons. The normalized spacial score (nSPS) is 20.6. The van der Waals surface area contributed by atoms with Gasteiger partial charge in [-0.15, -0.1) is 6.58 Å². The molecule has 0 spiro atoms. The van der Waals surface area contributed by atoms with Crippen LogP contribution in [0.2, 0.25) is 0 Å². The topological polar surface area (TPSA) is 67.1 Å². The lowest BCUT2D eigenvalue weighted by Crippen LogP contribution is -2.45. The van der Waals surface area contributed by atoms with Gasteiger partial charge in [-0.1, -0.05) is 26.5 Å². The molecule has 88 valence electrons. The number of hydrogen-bond acceptors (Lipinski definition) is 3. The molecule has 0 amide bonds. The molecule has 1 aliphatic heterocycles. The summed E-state index contributed by atoms with van der Waals surface area (Å²) in [5.74, 6) is 1.13.